The van der Waals surface area contributed by atoms with E-state index in [1.807, 2.05) is 25.1 Å². The Balaban J connectivity index is 1.37. The molecule has 0 saturated heterocycles. The smallest absolute Gasteiger partial charge is 0.346 e. The summed E-state index contributed by atoms with van der Waals surface area (Å²) in [7, 11) is 0. The van der Waals surface area contributed by atoms with Crippen molar-refractivity contribution in [2.45, 2.75) is 12.8 Å². The number of hydrogen-bond donors (Lipinski definition) is 1. The standard InChI is InChI=1S/C34H25NO2S2/c1-23(20-28(22-35)34(36)37)30-16-18-32(38-30)33-19-17-31(39-33)27-14-12-24(13-15-27)21-29(25-8-4-2-5-9-25)26-10-6-3-7-11-26/h2-21,23H,1H3,(H,36,37)/b28-20-. The third-order valence-corrected chi connectivity index (χ3v) is 8.98. The first-order chi connectivity index (χ1) is 19.0. The highest BCUT2D eigenvalue weighted by Crippen LogP contribution is 2.39. The van der Waals surface area contributed by atoms with Crippen LogP contribution < -0.4 is 0 Å². The quantitative estimate of drug-likeness (QED) is 0.120. The molecule has 0 amide bonds. The normalized spacial score (nSPS) is 11.9. The van der Waals surface area contributed by atoms with Crippen molar-refractivity contribution in [1.29, 1.82) is 5.26 Å². The second kappa shape index (κ2) is 11.9. The zero-order valence-corrected chi connectivity index (χ0v) is 22.9. The van der Waals surface area contributed by atoms with Gasteiger partial charge in [0.25, 0.3) is 0 Å². The number of carboxylic acid groups (broad SMARTS) is 1. The Morgan fingerprint density at radius 1 is 0.769 bits per heavy atom. The van der Waals surface area contributed by atoms with Crippen molar-refractivity contribution in [2.24, 2.45) is 0 Å². The molecule has 0 aliphatic rings. The molecule has 3 aromatic carbocycles. The van der Waals surface area contributed by atoms with Gasteiger partial charge in [-0.2, -0.15) is 5.26 Å². The lowest BCUT2D eigenvalue weighted by Gasteiger charge is -2.09. The lowest BCUT2D eigenvalue weighted by atomic mass is 9.95. The minimum Gasteiger partial charge on any atom is -0.477 e. The minimum absolute atomic E-state index is 0.147. The number of carboxylic acids is 1. The van der Waals surface area contributed by atoms with Crippen LogP contribution in [-0.2, 0) is 4.79 Å². The number of carbonyl (C=O) groups is 1. The van der Waals surface area contributed by atoms with Gasteiger partial charge in [-0.1, -0.05) is 97.9 Å². The predicted octanol–water partition coefficient (Wildman–Crippen LogP) is 9.37. The average Bonchev–Trinajstić information content (AvgIpc) is 3.66. The van der Waals surface area contributed by atoms with Gasteiger partial charge in [0, 0.05) is 25.4 Å². The van der Waals surface area contributed by atoms with Crippen molar-refractivity contribution in [3.8, 4) is 26.3 Å². The summed E-state index contributed by atoms with van der Waals surface area (Å²) >= 11 is 3.36. The van der Waals surface area contributed by atoms with Gasteiger partial charge in [-0.05, 0) is 58.2 Å². The van der Waals surface area contributed by atoms with E-state index in [1.54, 1.807) is 28.7 Å². The Labute approximate surface area is 236 Å². The van der Waals surface area contributed by atoms with Crippen molar-refractivity contribution >= 4 is 40.3 Å². The molecule has 39 heavy (non-hydrogen) atoms. The van der Waals surface area contributed by atoms with E-state index in [4.69, 9.17) is 10.4 Å². The summed E-state index contributed by atoms with van der Waals surface area (Å²) in [5.74, 6) is -1.34. The number of rotatable bonds is 8. The van der Waals surface area contributed by atoms with Gasteiger partial charge in [-0.15, -0.1) is 22.7 Å². The highest BCUT2D eigenvalue weighted by atomic mass is 32.1. The second-order valence-corrected chi connectivity index (χ2v) is 11.3. The molecule has 5 rings (SSSR count). The highest BCUT2D eigenvalue weighted by Gasteiger charge is 2.14. The fourth-order valence-electron chi connectivity index (χ4n) is 4.32. The maximum Gasteiger partial charge on any atom is 0.346 e. The number of allylic oxidation sites excluding steroid dienone is 1. The summed E-state index contributed by atoms with van der Waals surface area (Å²) in [5.41, 5.74) is 5.63. The molecule has 190 valence electrons. The number of thiophene rings is 2. The summed E-state index contributed by atoms with van der Waals surface area (Å²) in [6.45, 7) is 1.91. The molecule has 0 bridgehead atoms. The fraction of sp³-hybridized carbons (Fsp3) is 0.0588. The van der Waals surface area contributed by atoms with E-state index in [0.717, 1.165) is 25.8 Å². The SMILES string of the molecule is CC(/C=C(/C#N)C(=O)O)c1ccc(-c2ccc(-c3ccc(C=C(c4ccccc4)c4ccccc4)cc3)s2)s1. The zero-order valence-electron chi connectivity index (χ0n) is 21.2. The van der Waals surface area contributed by atoms with Crippen LogP contribution in [0, 0.1) is 11.3 Å². The molecule has 2 heterocycles. The monoisotopic (exact) mass is 543 g/mol. The van der Waals surface area contributed by atoms with Crippen LogP contribution in [0.25, 0.3) is 31.8 Å². The van der Waals surface area contributed by atoms with Crippen LogP contribution in [0.5, 0.6) is 0 Å². The summed E-state index contributed by atoms with van der Waals surface area (Å²) in [5, 5.41) is 18.2. The topological polar surface area (TPSA) is 61.1 Å². The molecular weight excluding hydrogens is 519 g/mol. The Kier molecular flexibility index (Phi) is 7.98. The lowest BCUT2D eigenvalue weighted by molar-refractivity contribution is -0.132. The number of aliphatic carboxylic acids is 1. The highest BCUT2D eigenvalue weighted by molar-refractivity contribution is 7.23. The number of nitrogens with zero attached hydrogens (tertiary/aromatic N) is 1. The summed E-state index contributed by atoms with van der Waals surface area (Å²) in [4.78, 5) is 15.7. The van der Waals surface area contributed by atoms with Gasteiger partial charge in [0.05, 0.1) is 0 Å². The zero-order chi connectivity index (χ0) is 27.2. The van der Waals surface area contributed by atoms with Crippen molar-refractivity contribution in [3.05, 3.63) is 142 Å². The first kappa shape index (κ1) is 26.1. The molecule has 3 nitrogen and oxygen atoms in total. The van der Waals surface area contributed by atoms with Crippen LogP contribution in [0.3, 0.4) is 0 Å². The Morgan fingerprint density at radius 3 is 1.92 bits per heavy atom. The Morgan fingerprint density at radius 2 is 1.33 bits per heavy atom. The van der Waals surface area contributed by atoms with Crippen molar-refractivity contribution in [2.75, 3.05) is 0 Å². The van der Waals surface area contributed by atoms with Gasteiger partial charge in [0.1, 0.15) is 11.6 Å². The van der Waals surface area contributed by atoms with Gasteiger partial charge in [-0.3, -0.25) is 0 Å². The molecule has 2 aromatic heterocycles. The molecule has 5 aromatic rings. The maximum absolute atomic E-state index is 11.2. The predicted molar refractivity (Wildman–Crippen MR) is 163 cm³/mol. The van der Waals surface area contributed by atoms with Crippen LogP contribution in [0.1, 0.15) is 34.4 Å². The van der Waals surface area contributed by atoms with Crippen LogP contribution in [0.2, 0.25) is 0 Å². The summed E-state index contributed by atoms with van der Waals surface area (Å²) < 4.78 is 0. The van der Waals surface area contributed by atoms with E-state index < -0.39 is 5.97 Å². The summed E-state index contributed by atoms with van der Waals surface area (Å²) in [6, 6.07) is 39.7. The molecule has 1 atom stereocenters. The minimum atomic E-state index is -1.19. The van der Waals surface area contributed by atoms with E-state index in [2.05, 4.69) is 97.1 Å². The Bertz CT molecular complexity index is 1640. The van der Waals surface area contributed by atoms with Crippen molar-refractivity contribution in [3.63, 3.8) is 0 Å². The third-order valence-electron chi connectivity index (χ3n) is 6.37. The molecule has 1 unspecified atom stereocenters. The average molecular weight is 544 g/mol. The molecule has 0 spiro atoms. The van der Waals surface area contributed by atoms with Gasteiger partial charge in [-0.25, -0.2) is 4.79 Å². The summed E-state index contributed by atoms with van der Waals surface area (Å²) in [6.07, 6.45) is 3.74. The molecule has 0 saturated carbocycles. The van der Waals surface area contributed by atoms with Gasteiger partial charge < -0.3 is 5.11 Å². The number of nitriles is 1. The van der Waals surface area contributed by atoms with Crippen molar-refractivity contribution in [1.82, 2.24) is 0 Å². The van der Waals surface area contributed by atoms with E-state index in [1.165, 1.54) is 27.7 Å². The molecule has 0 aliphatic carbocycles. The van der Waals surface area contributed by atoms with Crippen LogP contribution >= 0.6 is 22.7 Å². The van der Waals surface area contributed by atoms with Crippen LogP contribution in [0.15, 0.2) is 121 Å². The first-order valence-corrected chi connectivity index (χ1v) is 14.1. The Hall–Kier alpha value is -4.50. The van der Waals surface area contributed by atoms with Crippen LogP contribution in [-0.4, -0.2) is 11.1 Å². The first-order valence-electron chi connectivity index (χ1n) is 12.5. The lowest BCUT2D eigenvalue weighted by Crippen LogP contribution is -1.99. The van der Waals surface area contributed by atoms with E-state index in [9.17, 15) is 4.79 Å². The third kappa shape index (κ3) is 6.15. The largest absolute Gasteiger partial charge is 0.477 e. The van der Waals surface area contributed by atoms with Gasteiger partial charge in [0.15, 0.2) is 0 Å². The van der Waals surface area contributed by atoms with Crippen LogP contribution in [0.4, 0.5) is 0 Å². The van der Waals surface area contributed by atoms with E-state index in [-0.39, 0.29) is 11.5 Å². The van der Waals surface area contributed by atoms with Gasteiger partial charge in [0.2, 0.25) is 0 Å². The number of hydrogen-bond acceptors (Lipinski definition) is 4. The molecule has 0 aliphatic heterocycles. The second-order valence-electron chi connectivity index (χ2n) is 9.06. The van der Waals surface area contributed by atoms with E-state index >= 15 is 0 Å². The van der Waals surface area contributed by atoms with Gasteiger partial charge >= 0.3 is 5.97 Å². The van der Waals surface area contributed by atoms with Crippen molar-refractivity contribution < 1.29 is 9.90 Å². The molecule has 0 radical (unpaired) electrons. The molecule has 5 heteroatoms. The molecule has 0 fully saturated rings. The van der Waals surface area contributed by atoms with E-state index in [0.29, 0.717) is 0 Å². The molecular formula is C34H25NO2S2. The maximum atomic E-state index is 11.2. The fourth-order valence-corrected chi connectivity index (χ4v) is 6.45. The molecule has 1 N–H and O–H groups in total. The number of benzene rings is 3.